The van der Waals surface area contributed by atoms with Crippen molar-refractivity contribution in [3.8, 4) is 0 Å². The molecule has 2 heterocycles. The fourth-order valence-corrected chi connectivity index (χ4v) is 3.35. The number of sulfonamides is 1. The van der Waals surface area contributed by atoms with Crippen molar-refractivity contribution in [2.45, 2.75) is 9.79 Å². The van der Waals surface area contributed by atoms with E-state index in [1.165, 1.54) is 12.4 Å². The first kappa shape index (κ1) is 13.1. The Morgan fingerprint density at radius 3 is 2.85 bits per heavy atom. The van der Waals surface area contributed by atoms with Gasteiger partial charge < -0.3 is 0 Å². The molecule has 7 heteroatoms. The van der Waals surface area contributed by atoms with Crippen molar-refractivity contribution in [3.63, 3.8) is 0 Å². The van der Waals surface area contributed by atoms with Crippen molar-refractivity contribution < 1.29 is 8.42 Å². The van der Waals surface area contributed by atoms with Crippen LogP contribution in [-0.2, 0) is 10.0 Å². The predicted octanol–water partition coefficient (Wildman–Crippen LogP) is 2.67. The smallest absolute Gasteiger partial charge is 0.283 e. The van der Waals surface area contributed by atoms with Crippen LogP contribution in [0.4, 0.5) is 11.5 Å². The maximum absolute atomic E-state index is 11.9. The van der Waals surface area contributed by atoms with Crippen LogP contribution < -0.4 is 4.90 Å². The summed E-state index contributed by atoms with van der Waals surface area (Å²) in [6.07, 6.45) is 4.85. The number of anilines is 2. The summed E-state index contributed by atoms with van der Waals surface area (Å²) >= 11 is 1.62. The maximum atomic E-state index is 11.9. The van der Waals surface area contributed by atoms with E-state index in [-0.39, 0.29) is 4.90 Å². The molecule has 0 aliphatic carbocycles. The monoisotopic (exact) mass is 305 g/mol. The summed E-state index contributed by atoms with van der Waals surface area (Å²) in [6, 6.07) is 10.9. The summed E-state index contributed by atoms with van der Waals surface area (Å²) in [4.78, 5) is 7.06. The minimum atomic E-state index is -3.64. The van der Waals surface area contributed by atoms with Crippen LogP contribution in [0.2, 0.25) is 0 Å². The van der Waals surface area contributed by atoms with E-state index < -0.39 is 10.0 Å². The molecule has 0 fully saturated rings. The van der Waals surface area contributed by atoms with Gasteiger partial charge in [-0.05, 0) is 36.6 Å². The lowest BCUT2D eigenvalue weighted by atomic mass is 10.3. The fraction of sp³-hybridized carbons (Fsp3) is 0.0769. The van der Waals surface area contributed by atoms with E-state index in [2.05, 4.69) is 9.38 Å². The molecule has 0 amide bonds. The third-order valence-corrected chi connectivity index (χ3v) is 4.86. The molecule has 0 saturated carbocycles. The van der Waals surface area contributed by atoms with Gasteiger partial charge in [-0.1, -0.05) is 6.07 Å². The van der Waals surface area contributed by atoms with E-state index >= 15 is 0 Å². The number of hydrogen-bond donors (Lipinski definition) is 0. The summed E-state index contributed by atoms with van der Waals surface area (Å²) in [5.41, 5.74) is 0.829. The summed E-state index contributed by atoms with van der Waals surface area (Å²) in [5.74, 6) is 0.376. The number of hydrogen-bond acceptors (Lipinski definition) is 5. The van der Waals surface area contributed by atoms with Gasteiger partial charge in [0.05, 0.1) is 0 Å². The molecule has 1 aromatic carbocycles. The minimum Gasteiger partial charge on any atom is -0.283 e. The lowest BCUT2D eigenvalue weighted by Crippen LogP contribution is -2.23. The van der Waals surface area contributed by atoms with Crippen molar-refractivity contribution in [2.24, 2.45) is 4.40 Å². The fourth-order valence-electron chi connectivity index (χ4n) is 1.93. The van der Waals surface area contributed by atoms with Crippen LogP contribution in [0.15, 0.2) is 56.8 Å². The normalized spacial score (nSPS) is 15.9. The molecular weight excluding hydrogens is 294 g/mol. The number of benzene rings is 1. The van der Waals surface area contributed by atoms with Crippen LogP contribution in [0.1, 0.15) is 0 Å². The first-order valence-corrected chi connectivity index (χ1v) is 8.47. The van der Waals surface area contributed by atoms with Crippen molar-refractivity contribution >= 4 is 39.6 Å². The Bertz CT molecular complexity index is 788. The lowest BCUT2D eigenvalue weighted by Gasteiger charge is -2.23. The lowest BCUT2D eigenvalue weighted by molar-refractivity contribution is 0.597. The number of aromatic nitrogens is 1. The molecule has 5 nitrogen and oxygen atoms in total. The molecule has 1 aliphatic heterocycles. The average molecular weight is 305 g/mol. The standard InChI is InChI=1S/C13H11N3O2S2/c1-19-11-5-2-4-10(8-11)16-9-15-20(17,18)12-6-3-7-14-13(12)16/h2-9H,1H3. The van der Waals surface area contributed by atoms with Crippen molar-refractivity contribution in [1.29, 1.82) is 0 Å². The van der Waals surface area contributed by atoms with Crippen molar-refractivity contribution in [2.75, 3.05) is 11.2 Å². The van der Waals surface area contributed by atoms with Crippen LogP contribution in [0.3, 0.4) is 0 Å². The largest absolute Gasteiger partial charge is 0.287 e. The van der Waals surface area contributed by atoms with E-state index in [1.54, 1.807) is 28.9 Å². The van der Waals surface area contributed by atoms with E-state index in [0.717, 1.165) is 10.6 Å². The molecule has 0 spiro atoms. The van der Waals surface area contributed by atoms with Crippen LogP contribution in [0.5, 0.6) is 0 Å². The van der Waals surface area contributed by atoms with Gasteiger partial charge in [-0.2, -0.15) is 8.42 Å². The van der Waals surface area contributed by atoms with Gasteiger partial charge in [0.2, 0.25) is 0 Å². The van der Waals surface area contributed by atoms with Gasteiger partial charge in [-0.3, -0.25) is 4.90 Å². The number of nitrogens with zero attached hydrogens (tertiary/aromatic N) is 3. The van der Waals surface area contributed by atoms with Crippen molar-refractivity contribution in [3.05, 3.63) is 42.6 Å². The summed E-state index contributed by atoms with van der Waals surface area (Å²) < 4.78 is 27.5. The van der Waals surface area contributed by atoms with Gasteiger partial charge in [-0.25, -0.2) is 4.98 Å². The zero-order chi connectivity index (χ0) is 14.2. The molecule has 0 radical (unpaired) electrons. The molecule has 2 aromatic rings. The number of pyridine rings is 1. The Morgan fingerprint density at radius 2 is 2.05 bits per heavy atom. The first-order valence-electron chi connectivity index (χ1n) is 5.80. The topological polar surface area (TPSA) is 62.6 Å². The number of thioether (sulfide) groups is 1. The molecular formula is C13H11N3O2S2. The Labute approximate surface area is 121 Å². The Balaban J connectivity index is 2.16. The van der Waals surface area contributed by atoms with E-state index in [9.17, 15) is 8.42 Å². The number of fused-ring (bicyclic) bond motifs is 1. The zero-order valence-electron chi connectivity index (χ0n) is 10.6. The minimum absolute atomic E-state index is 0.122. The van der Waals surface area contributed by atoms with Crippen molar-refractivity contribution in [1.82, 2.24) is 4.98 Å². The highest BCUT2D eigenvalue weighted by Crippen LogP contribution is 2.33. The third-order valence-electron chi connectivity index (χ3n) is 2.89. The first-order chi connectivity index (χ1) is 9.62. The van der Waals surface area contributed by atoms with Gasteiger partial charge in [0.25, 0.3) is 10.0 Å². The maximum Gasteiger partial charge on any atom is 0.287 e. The molecule has 1 aliphatic rings. The van der Waals surface area contributed by atoms with Gasteiger partial charge in [0.15, 0.2) is 5.82 Å². The predicted molar refractivity (Wildman–Crippen MR) is 80.3 cm³/mol. The highest BCUT2D eigenvalue weighted by molar-refractivity contribution is 7.98. The SMILES string of the molecule is CSc1cccc(N2C=NS(=O)(=O)c3cccnc32)c1. The molecule has 1 aromatic heterocycles. The van der Waals surface area contributed by atoms with Gasteiger partial charge in [0.1, 0.15) is 11.2 Å². The van der Waals surface area contributed by atoms with E-state index in [0.29, 0.717) is 5.82 Å². The molecule has 0 atom stereocenters. The van der Waals surface area contributed by atoms with Gasteiger partial charge in [-0.15, -0.1) is 16.2 Å². The van der Waals surface area contributed by atoms with Crippen LogP contribution in [-0.4, -0.2) is 26.0 Å². The average Bonchev–Trinajstić information content (AvgIpc) is 2.47. The molecule has 102 valence electrons. The molecule has 0 unspecified atom stereocenters. The van der Waals surface area contributed by atoms with E-state index in [4.69, 9.17) is 0 Å². The Kier molecular flexibility index (Phi) is 3.23. The molecule has 0 bridgehead atoms. The zero-order valence-corrected chi connectivity index (χ0v) is 12.2. The van der Waals surface area contributed by atoms with E-state index in [1.807, 2.05) is 30.5 Å². The molecule has 20 heavy (non-hydrogen) atoms. The molecule has 0 N–H and O–H groups in total. The molecule has 0 saturated heterocycles. The second kappa shape index (κ2) is 4.92. The highest BCUT2D eigenvalue weighted by Gasteiger charge is 2.27. The second-order valence-electron chi connectivity index (χ2n) is 4.09. The quantitative estimate of drug-likeness (QED) is 0.798. The van der Waals surface area contributed by atoms with Crippen LogP contribution in [0, 0.1) is 0 Å². The molecule has 3 rings (SSSR count). The Hall–Kier alpha value is -1.86. The summed E-state index contributed by atoms with van der Waals surface area (Å²) in [6.45, 7) is 0. The summed E-state index contributed by atoms with van der Waals surface area (Å²) in [7, 11) is -3.64. The third kappa shape index (κ3) is 2.19. The summed E-state index contributed by atoms with van der Waals surface area (Å²) in [5, 5.41) is 0. The number of rotatable bonds is 2. The second-order valence-corrected chi connectivity index (χ2v) is 6.57. The van der Waals surface area contributed by atoms with Crippen LogP contribution in [0.25, 0.3) is 0 Å². The van der Waals surface area contributed by atoms with Gasteiger partial charge in [0, 0.05) is 16.8 Å². The van der Waals surface area contributed by atoms with Crippen LogP contribution >= 0.6 is 11.8 Å². The highest BCUT2D eigenvalue weighted by atomic mass is 32.2. The van der Waals surface area contributed by atoms with Gasteiger partial charge >= 0.3 is 0 Å². The Morgan fingerprint density at radius 1 is 1.20 bits per heavy atom.